The third-order valence-corrected chi connectivity index (χ3v) is 6.46. The van der Waals surface area contributed by atoms with E-state index in [0.29, 0.717) is 29.2 Å². The van der Waals surface area contributed by atoms with Crippen LogP contribution < -0.4 is 5.56 Å². The molecule has 0 spiro atoms. The number of rotatable bonds is 6. The normalized spacial score (nSPS) is 15.8. The van der Waals surface area contributed by atoms with Gasteiger partial charge in [0.15, 0.2) is 0 Å². The van der Waals surface area contributed by atoms with Crippen LogP contribution in [0.25, 0.3) is 16.6 Å². The average molecular weight is 432 g/mol. The number of fused-ring (bicyclic) bond motifs is 1. The second-order valence-electron chi connectivity index (χ2n) is 9.36. The highest BCUT2D eigenvalue weighted by Gasteiger charge is 2.32. The number of para-hydroxylation sites is 2. The largest absolute Gasteiger partial charge is 0.332 e. The molecule has 1 unspecified atom stereocenters. The fraction of sp³-hybridized carbons (Fsp3) is 0.444. The minimum absolute atomic E-state index is 0.0716. The van der Waals surface area contributed by atoms with Crippen molar-refractivity contribution in [1.82, 2.24) is 14.5 Å². The number of hydrogen-bond acceptors (Lipinski definition) is 3. The number of carbonyl (C=O) groups is 1. The van der Waals surface area contributed by atoms with Crippen molar-refractivity contribution in [2.45, 2.75) is 58.9 Å². The van der Waals surface area contributed by atoms with E-state index in [4.69, 9.17) is 4.98 Å². The second kappa shape index (κ2) is 9.68. The number of benzene rings is 2. The minimum Gasteiger partial charge on any atom is -0.332 e. The Morgan fingerprint density at radius 1 is 1.00 bits per heavy atom. The van der Waals surface area contributed by atoms with Crippen LogP contribution in [0.1, 0.15) is 64.7 Å². The molecule has 5 nitrogen and oxygen atoms in total. The second-order valence-corrected chi connectivity index (χ2v) is 9.36. The van der Waals surface area contributed by atoms with Gasteiger partial charge in [0.1, 0.15) is 5.82 Å². The average Bonchev–Trinajstić information content (AvgIpc) is 2.82. The van der Waals surface area contributed by atoms with Gasteiger partial charge >= 0.3 is 0 Å². The molecule has 5 heteroatoms. The molecular formula is C27H33N3O2. The summed E-state index contributed by atoms with van der Waals surface area (Å²) in [5, 5.41) is 0.585. The first-order valence-electron chi connectivity index (χ1n) is 11.8. The van der Waals surface area contributed by atoms with Crippen molar-refractivity contribution in [2.75, 3.05) is 6.54 Å². The minimum atomic E-state index is -0.315. The molecule has 1 aromatic heterocycles. The van der Waals surface area contributed by atoms with Crippen molar-refractivity contribution in [3.05, 3.63) is 70.8 Å². The summed E-state index contributed by atoms with van der Waals surface area (Å²) >= 11 is 0. The van der Waals surface area contributed by atoms with Crippen LogP contribution in [0.4, 0.5) is 0 Å². The first-order valence-corrected chi connectivity index (χ1v) is 11.8. The predicted molar refractivity (Wildman–Crippen MR) is 129 cm³/mol. The zero-order valence-corrected chi connectivity index (χ0v) is 19.3. The van der Waals surface area contributed by atoms with E-state index in [9.17, 15) is 9.59 Å². The molecule has 3 aromatic rings. The molecule has 168 valence electrons. The highest BCUT2D eigenvalue weighted by atomic mass is 16.2. The molecular weight excluding hydrogens is 398 g/mol. The fourth-order valence-corrected chi connectivity index (χ4v) is 4.81. The summed E-state index contributed by atoms with van der Waals surface area (Å²) in [6.07, 6.45) is 5.35. The molecule has 0 saturated heterocycles. The van der Waals surface area contributed by atoms with E-state index in [1.807, 2.05) is 66.4 Å². The van der Waals surface area contributed by atoms with Crippen molar-refractivity contribution < 1.29 is 4.79 Å². The fourth-order valence-electron chi connectivity index (χ4n) is 4.81. The van der Waals surface area contributed by atoms with E-state index in [2.05, 4.69) is 13.8 Å². The van der Waals surface area contributed by atoms with Gasteiger partial charge in [-0.25, -0.2) is 4.98 Å². The molecule has 4 rings (SSSR count). The van der Waals surface area contributed by atoms with Crippen LogP contribution in [-0.2, 0) is 4.79 Å². The van der Waals surface area contributed by atoms with Gasteiger partial charge in [0, 0.05) is 12.5 Å². The molecule has 32 heavy (non-hydrogen) atoms. The summed E-state index contributed by atoms with van der Waals surface area (Å²) in [5.74, 6) is 1.21. The van der Waals surface area contributed by atoms with Gasteiger partial charge < -0.3 is 4.90 Å². The SMILES string of the molecule is CC(C)CN(C(=O)C1CCCCC1)C(C)c1nc2ccccc2c(=O)n1-c1ccccc1. The number of nitrogens with zero attached hydrogens (tertiary/aromatic N) is 3. The molecule has 0 aliphatic heterocycles. The van der Waals surface area contributed by atoms with Crippen LogP contribution >= 0.6 is 0 Å². The standard InChI is InChI=1S/C27H33N3O2/c1-19(2)18-29(26(31)21-12-6-4-7-13-21)20(3)25-28-24-17-11-10-16-23(24)27(32)30(25)22-14-8-5-9-15-22/h5,8-11,14-17,19-21H,4,6-7,12-13,18H2,1-3H3. The van der Waals surface area contributed by atoms with Gasteiger partial charge in [0.2, 0.25) is 5.91 Å². The Bertz CT molecular complexity index is 1130. The monoisotopic (exact) mass is 431 g/mol. The Morgan fingerprint density at radius 3 is 2.34 bits per heavy atom. The van der Waals surface area contributed by atoms with Crippen molar-refractivity contribution in [3.63, 3.8) is 0 Å². The van der Waals surface area contributed by atoms with Crippen LogP contribution in [0.3, 0.4) is 0 Å². The highest BCUT2D eigenvalue weighted by molar-refractivity contribution is 5.80. The Kier molecular flexibility index (Phi) is 6.73. The molecule has 0 N–H and O–H groups in total. The lowest BCUT2D eigenvalue weighted by Gasteiger charge is -2.35. The molecule has 0 radical (unpaired) electrons. The number of hydrogen-bond donors (Lipinski definition) is 0. The first kappa shape index (κ1) is 22.3. The molecule has 2 aromatic carbocycles. The number of carbonyl (C=O) groups excluding carboxylic acids is 1. The van der Waals surface area contributed by atoms with Crippen molar-refractivity contribution in [2.24, 2.45) is 11.8 Å². The van der Waals surface area contributed by atoms with Crippen LogP contribution in [0.5, 0.6) is 0 Å². The van der Waals surface area contributed by atoms with Gasteiger partial charge in [-0.05, 0) is 49.9 Å². The Labute approximate surface area is 190 Å². The maximum atomic E-state index is 13.7. The van der Waals surface area contributed by atoms with Crippen LogP contribution in [-0.4, -0.2) is 26.9 Å². The third-order valence-electron chi connectivity index (χ3n) is 6.46. The zero-order chi connectivity index (χ0) is 22.7. The van der Waals surface area contributed by atoms with Gasteiger partial charge in [-0.1, -0.05) is 63.4 Å². The van der Waals surface area contributed by atoms with Gasteiger partial charge in [-0.2, -0.15) is 0 Å². The van der Waals surface area contributed by atoms with Crippen LogP contribution in [0.15, 0.2) is 59.4 Å². The smallest absolute Gasteiger partial charge is 0.266 e. The van der Waals surface area contributed by atoms with Crippen molar-refractivity contribution in [3.8, 4) is 5.69 Å². The molecule has 1 atom stereocenters. The summed E-state index contributed by atoms with van der Waals surface area (Å²) in [6, 6.07) is 16.8. The molecule has 1 aliphatic carbocycles. The number of amides is 1. The molecule has 1 heterocycles. The van der Waals surface area contributed by atoms with E-state index in [1.54, 1.807) is 4.57 Å². The summed E-state index contributed by atoms with van der Waals surface area (Å²) < 4.78 is 1.69. The summed E-state index contributed by atoms with van der Waals surface area (Å²) in [5.41, 5.74) is 1.34. The third kappa shape index (κ3) is 4.47. The van der Waals surface area contributed by atoms with Gasteiger partial charge in [0.25, 0.3) is 5.56 Å². The summed E-state index contributed by atoms with van der Waals surface area (Å²) in [6.45, 7) is 6.92. The van der Waals surface area contributed by atoms with Crippen molar-refractivity contribution in [1.29, 1.82) is 0 Å². The lowest BCUT2D eigenvalue weighted by Crippen LogP contribution is -2.42. The molecule has 0 bridgehead atoms. The van der Waals surface area contributed by atoms with E-state index >= 15 is 0 Å². The quantitative estimate of drug-likeness (QED) is 0.517. The van der Waals surface area contributed by atoms with E-state index in [0.717, 1.165) is 31.4 Å². The molecule has 1 amide bonds. The summed E-state index contributed by atoms with van der Waals surface area (Å²) in [4.78, 5) is 34.2. The maximum Gasteiger partial charge on any atom is 0.266 e. The molecule has 1 aliphatic rings. The van der Waals surface area contributed by atoms with Gasteiger partial charge in [-0.15, -0.1) is 0 Å². The van der Waals surface area contributed by atoms with E-state index in [1.165, 1.54) is 6.42 Å². The molecule has 1 fully saturated rings. The predicted octanol–water partition coefficient (Wildman–Crippen LogP) is 5.51. The van der Waals surface area contributed by atoms with Crippen molar-refractivity contribution >= 4 is 16.8 Å². The summed E-state index contributed by atoms with van der Waals surface area (Å²) in [7, 11) is 0. The Morgan fingerprint density at radius 2 is 1.66 bits per heavy atom. The maximum absolute atomic E-state index is 13.7. The Balaban J connectivity index is 1.85. The lowest BCUT2D eigenvalue weighted by atomic mass is 9.87. The van der Waals surface area contributed by atoms with Gasteiger partial charge in [-0.3, -0.25) is 14.2 Å². The van der Waals surface area contributed by atoms with E-state index in [-0.39, 0.29) is 23.4 Å². The van der Waals surface area contributed by atoms with Gasteiger partial charge in [0.05, 0.1) is 22.6 Å². The highest BCUT2D eigenvalue weighted by Crippen LogP contribution is 2.30. The van der Waals surface area contributed by atoms with Crippen LogP contribution in [0.2, 0.25) is 0 Å². The Hall–Kier alpha value is -2.95. The molecule has 1 saturated carbocycles. The zero-order valence-electron chi connectivity index (χ0n) is 19.3. The van der Waals surface area contributed by atoms with E-state index < -0.39 is 0 Å². The lowest BCUT2D eigenvalue weighted by molar-refractivity contribution is -0.139. The van der Waals surface area contributed by atoms with Crippen LogP contribution in [0, 0.1) is 11.8 Å². The number of aromatic nitrogens is 2. The topological polar surface area (TPSA) is 55.2 Å². The first-order chi connectivity index (χ1) is 15.5.